The highest BCUT2D eigenvalue weighted by atomic mass is 19.1. The van der Waals surface area contributed by atoms with Crippen molar-refractivity contribution in [1.29, 1.82) is 0 Å². The molecule has 0 spiro atoms. The molecule has 0 atom stereocenters. The van der Waals surface area contributed by atoms with Gasteiger partial charge in [0.1, 0.15) is 12.4 Å². The molecule has 0 saturated heterocycles. The molecule has 2 aromatic rings. The van der Waals surface area contributed by atoms with Crippen LogP contribution in [0.1, 0.15) is 18.2 Å². The van der Waals surface area contributed by atoms with Crippen LogP contribution in [0.5, 0.6) is 0 Å². The first-order chi connectivity index (χ1) is 13.6. The molecule has 0 saturated carbocycles. The fourth-order valence-electron chi connectivity index (χ4n) is 2.58. The minimum absolute atomic E-state index is 0.0494. The molecule has 1 heterocycles. The Kier molecular flexibility index (Phi) is 8.91. The number of aliphatic imine (C=N–C) groups is 1. The Hall–Kier alpha value is -2.96. The van der Waals surface area contributed by atoms with E-state index in [1.54, 1.807) is 30.3 Å². The fraction of sp³-hybridized carbons (Fsp3) is 0.381. The molecule has 6 nitrogen and oxygen atoms in total. The molecule has 0 bridgehead atoms. The van der Waals surface area contributed by atoms with Crippen LogP contribution in [0.25, 0.3) is 0 Å². The number of nitrogens with zero attached hydrogens (tertiary/aromatic N) is 3. The number of rotatable bonds is 9. The summed E-state index contributed by atoms with van der Waals surface area (Å²) in [6.07, 6.45) is 2.99. The maximum absolute atomic E-state index is 13.7. The molecule has 150 valence electrons. The Labute approximate surface area is 165 Å². The molecule has 28 heavy (non-hydrogen) atoms. The van der Waals surface area contributed by atoms with E-state index in [0.717, 1.165) is 5.69 Å². The number of carbonyl (C=O) groups excluding carboxylic acids is 1. The van der Waals surface area contributed by atoms with Crippen LogP contribution in [0.2, 0.25) is 0 Å². The van der Waals surface area contributed by atoms with Crippen LogP contribution in [-0.2, 0) is 17.6 Å². The van der Waals surface area contributed by atoms with Crippen LogP contribution in [-0.4, -0.2) is 55.0 Å². The van der Waals surface area contributed by atoms with Gasteiger partial charge < -0.3 is 15.5 Å². The van der Waals surface area contributed by atoms with Gasteiger partial charge in [0.25, 0.3) is 0 Å². The van der Waals surface area contributed by atoms with Crippen LogP contribution < -0.4 is 10.6 Å². The lowest BCUT2D eigenvalue weighted by atomic mass is 10.1. The van der Waals surface area contributed by atoms with Gasteiger partial charge in [-0.25, -0.2) is 9.38 Å². The lowest BCUT2D eigenvalue weighted by molar-refractivity contribution is -0.128. The standard InChI is InChI=1S/C21H28FN5O/c1-3-23-21(25-14-11-17-8-4-5-10-19(17)22)26-16-20(28)27(2)15-12-18-9-6-7-13-24-18/h4-10,13H,3,11-12,14-16H2,1-2H3,(H2,23,25,26). The maximum Gasteiger partial charge on any atom is 0.244 e. The molecule has 1 aromatic carbocycles. The molecule has 2 N–H and O–H groups in total. The first kappa shape index (κ1) is 21.3. The minimum Gasteiger partial charge on any atom is -0.357 e. The first-order valence-electron chi connectivity index (χ1n) is 9.49. The summed E-state index contributed by atoms with van der Waals surface area (Å²) in [6.45, 7) is 3.79. The van der Waals surface area contributed by atoms with Gasteiger partial charge >= 0.3 is 0 Å². The smallest absolute Gasteiger partial charge is 0.244 e. The van der Waals surface area contributed by atoms with E-state index in [-0.39, 0.29) is 18.3 Å². The summed E-state index contributed by atoms with van der Waals surface area (Å²) in [7, 11) is 1.76. The molecule has 2 rings (SSSR count). The van der Waals surface area contributed by atoms with E-state index in [1.165, 1.54) is 6.07 Å². The van der Waals surface area contributed by atoms with E-state index in [1.807, 2.05) is 31.2 Å². The second-order valence-electron chi connectivity index (χ2n) is 6.35. The summed E-state index contributed by atoms with van der Waals surface area (Å²) < 4.78 is 13.7. The van der Waals surface area contributed by atoms with Gasteiger partial charge in [-0.05, 0) is 37.1 Å². The van der Waals surface area contributed by atoms with Gasteiger partial charge in [0.2, 0.25) is 5.91 Å². The minimum atomic E-state index is -0.212. The normalized spacial score (nSPS) is 11.2. The lowest BCUT2D eigenvalue weighted by Crippen LogP contribution is -2.39. The van der Waals surface area contributed by atoms with E-state index >= 15 is 0 Å². The monoisotopic (exact) mass is 385 g/mol. The number of nitrogens with one attached hydrogen (secondary N) is 2. The number of halogens is 1. The van der Waals surface area contributed by atoms with Crippen molar-refractivity contribution in [2.24, 2.45) is 4.99 Å². The summed E-state index contributed by atoms with van der Waals surface area (Å²) in [6, 6.07) is 12.5. The van der Waals surface area contributed by atoms with Crippen LogP contribution in [0.3, 0.4) is 0 Å². The average molecular weight is 385 g/mol. The molecule has 1 amide bonds. The number of carbonyl (C=O) groups is 1. The van der Waals surface area contributed by atoms with Crippen molar-refractivity contribution in [2.75, 3.05) is 33.2 Å². The zero-order valence-corrected chi connectivity index (χ0v) is 16.5. The highest BCUT2D eigenvalue weighted by Gasteiger charge is 2.09. The molecule has 0 fully saturated rings. The summed E-state index contributed by atoms with van der Waals surface area (Å²) in [5, 5.41) is 6.24. The van der Waals surface area contributed by atoms with Crippen molar-refractivity contribution in [1.82, 2.24) is 20.5 Å². The van der Waals surface area contributed by atoms with Crippen molar-refractivity contribution in [3.63, 3.8) is 0 Å². The summed E-state index contributed by atoms with van der Waals surface area (Å²) >= 11 is 0. The third-order valence-corrected chi connectivity index (χ3v) is 4.22. The van der Waals surface area contributed by atoms with Gasteiger partial charge in [-0.3, -0.25) is 9.78 Å². The second-order valence-corrected chi connectivity index (χ2v) is 6.35. The second kappa shape index (κ2) is 11.7. The largest absolute Gasteiger partial charge is 0.357 e. The Morgan fingerprint density at radius 2 is 1.93 bits per heavy atom. The Morgan fingerprint density at radius 1 is 1.14 bits per heavy atom. The predicted molar refractivity (Wildman–Crippen MR) is 110 cm³/mol. The van der Waals surface area contributed by atoms with E-state index in [4.69, 9.17) is 0 Å². The van der Waals surface area contributed by atoms with Gasteiger partial charge in [-0.2, -0.15) is 0 Å². The molecule has 0 aliphatic carbocycles. The molecule has 0 unspecified atom stereocenters. The maximum atomic E-state index is 13.7. The van der Waals surface area contributed by atoms with E-state index in [9.17, 15) is 9.18 Å². The van der Waals surface area contributed by atoms with Gasteiger partial charge in [-0.1, -0.05) is 24.3 Å². The lowest BCUT2D eigenvalue weighted by Gasteiger charge is -2.16. The number of hydrogen-bond acceptors (Lipinski definition) is 3. The van der Waals surface area contributed by atoms with Crippen molar-refractivity contribution in [3.8, 4) is 0 Å². The summed E-state index contributed by atoms with van der Waals surface area (Å²) in [4.78, 5) is 22.6. The number of hydrogen-bond donors (Lipinski definition) is 2. The van der Waals surface area contributed by atoms with Crippen LogP contribution in [0, 0.1) is 5.82 Å². The molecular weight excluding hydrogens is 357 g/mol. The predicted octanol–water partition coefficient (Wildman–Crippen LogP) is 2.02. The van der Waals surface area contributed by atoms with Crippen molar-refractivity contribution < 1.29 is 9.18 Å². The Morgan fingerprint density at radius 3 is 2.64 bits per heavy atom. The quantitative estimate of drug-likeness (QED) is 0.512. The molecule has 1 aromatic heterocycles. The molecule has 0 aliphatic heterocycles. The van der Waals surface area contributed by atoms with Crippen molar-refractivity contribution in [2.45, 2.75) is 19.8 Å². The van der Waals surface area contributed by atoms with Crippen LogP contribution >= 0.6 is 0 Å². The van der Waals surface area contributed by atoms with E-state index in [0.29, 0.717) is 44.0 Å². The highest BCUT2D eigenvalue weighted by Crippen LogP contribution is 2.06. The Balaban J connectivity index is 1.79. The van der Waals surface area contributed by atoms with Crippen LogP contribution in [0.15, 0.2) is 53.7 Å². The van der Waals surface area contributed by atoms with Crippen LogP contribution in [0.4, 0.5) is 4.39 Å². The van der Waals surface area contributed by atoms with Crippen molar-refractivity contribution in [3.05, 3.63) is 65.7 Å². The Bertz CT molecular complexity index is 766. The highest BCUT2D eigenvalue weighted by molar-refractivity contribution is 5.84. The number of aromatic nitrogens is 1. The fourth-order valence-corrected chi connectivity index (χ4v) is 2.58. The van der Waals surface area contributed by atoms with Gasteiger partial charge in [0.15, 0.2) is 5.96 Å². The number of amides is 1. The van der Waals surface area contributed by atoms with Gasteiger partial charge in [-0.15, -0.1) is 0 Å². The zero-order valence-electron chi connectivity index (χ0n) is 16.5. The molecular formula is C21H28FN5O. The summed E-state index contributed by atoms with van der Waals surface area (Å²) in [5.74, 6) is 0.267. The average Bonchev–Trinajstić information content (AvgIpc) is 2.72. The zero-order chi connectivity index (χ0) is 20.2. The van der Waals surface area contributed by atoms with Crippen molar-refractivity contribution >= 4 is 11.9 Å². The SMILES string of the molecule is CCNC(=NCC(=O)N(C)CCc1ccccn1)NCCc1ccccc1F. The first-order valence-corrected chi connectivity index (χ1v) is 9.49. The molecule has 7 heteroatoms. The summed E-state index contributed by atoms with van der Waals surface area (Å²) in [5.41, 5.74) is 1.60. The van der Waals surface area contributed by atoms with Gasteiger partial charge in [0.05, 0.1) is 0 Å². The topological polar surface area (TPSA) is 69.6 Å². The number of pyridine rings is 1. The molecule has 0 radical (unpaired) electrons. The number of likely N-dealkylation sites (N-methyl/N-ethyl adjacent to an activating group) is 1. The number of benzene rings is 1. The van der Waals surface area contributed by atoms with E-state index < -0.39 is 0 Å². The third kappa shape index (κ3) is 7.34. The number of guanidine groups is 1. The third-order valence-electron chi connectivity index (χ3n) is 4.22. The molecule has 0 aliphatic rings. The van der Waals surface area contributed by atoms with E-state index in [2.05, 4.69) is 20.6 Å². The van der Waals surface area contributed by atoms with Gasteiger partial charge in [0, 0.05) is 45.0 Å².